The molecule has 3 aliphatic heterocycles. The SMILES string of the molecule is CCc1c(Br)c(O)c(Cl)c(O)c1C(=O)O[C@H]1[C@H](O)[C@H](OC)[C@H](OC/C2=C\C=C\CC(O)/C(C)=C/C(CC)C(O[C@@H]3OC(C)(C)[C@@H](OC(=O)C(C)C)[C@H](O)[C@@H]3O)/C(C)=C/C(C)=C/CC(C(C)=O)OC2=O)O[C@@H]1C. The van der Waals surface area contributed by atoms with Crippen molar-refractivity contribution in [3.8, 4) is 11.5 Å². The summed E-state index contributed by atoms with van der Waals surface area (Å²) in [5, 5.41) is 66.0. The van der Waals surface area contributed by atoms with Crippen LogP contribution < -0.4 is 0 Å². The van der Waals surface area contributed by atoms with Gasteiger partial charge in [-0.15, -0.1) is 0 Å². The number of esters is 3. The van der Waals surface area contributed by atoms with E-state index in [-0.39, 0.29) is 40.4 Å². The first-order valence-corrected chi connectivity index (χ1v) is 25.2. The maximum absolute atomic E-state index is 13.9. The van der Waals surface area contributed by atoms with Crippen molar-refractivity contribution in [2.24, 2.45) is 11.8 Å². The molecule has 0 bridgehead atoms. The van der Waals surface area contributed by atoms with Gasteiger partial charge in [0.05, 0.1) is 40.9 Å². The van der Waals surface area contributed by atoms with Crippen LogP contribution in [0.15, 0.2) is 63.2 Å². The fourth-order valence-electron chi connectivity index (χ4n) is 8.54. The Labute approximate surface area is 434 Å². The highest BCUT2D eigenvalue weighted by molar-refractivity contribution is 9.10. The number of aliphatic hydroxyl groups is 4. The lowest BCUT2D eigenvalue weighted by Gasteiger charge is -2.47. The number of cyclic esters (lactones) is 1. The summed E-state index contributed by atoms with van der Waals surface area (Å²) < 4.78 is 47.5. The Morgan fingerprint density at radius 2 is 1.61 bits per heavy atom. The van der Waals surface area contributed by atoms with Crippen LogP contribution in [-0.2, 0) is 58.7 Å². The van der Waals surface area contributed by atoms with E-state index >= 15 is 0 Å². The molecule has 0 aliphatic carbocycles. The molecule has 4 rings (SSSR count). The molecule has 6 N–H and O–H groups in total. The molecule has 0 amide bonds. The summed E-state index contributed by atoms with van der Waals surface area (Å²) in [4.78, 5) is 53.0. The highest BCUT2D eigenvalue weighted by atomic mass is 79.9. The van der Waals surface area contributed by atoms with E-state index in [1.54, 1.807) is 60.6 Å². The molecule has 1 aromatic carbocycles. The van der Waals surface area contributed by atoms with Gasteiger partial charge in [0.2, 0.25) is 0 Å². The molecule has 3 aliphatic rings. The number of aromatic hydroxyl groups is 2. The second-order valence-electron chi connectivity index (χ2n) is 19.2. The Kier molecular flexibility index (Phi) is 22.3. The van der Waals surface area contributed by atoms with Crippen molar-refractivity contribution < 1.29 is 87.7 Å². The van der Waals surface area contributed by atoms with Crippen molar-refractivity contribution in [2.75, 3.05) is 13.7 Å². The lowest BCUT2D eigenvalue weighted by Crippen LogP contribution is -2.64. The van der Waals surface area contributed by atoms with Crippen LogP contribution in [0.5, 0.6) is 11.5 Å². The number of carbonyl (C=O) groups excluding carboxylic acids is 4. The highest BCUT2D eigenvalue weighted by Crippen LogP contribution is 2.45. The average molecular weight is 1100 g/mol. The number of halogens is 2. The van der Waals surface area contributed by atoms with E-state index in [4.69, 9.17) is 49.5 Å². The van der Waals surface area contributed by atoms with E-state index < -0.39 is 138 Å². The van der Waals surface area contributed by atoms with Gasteiger partial charge < -0.3 is 68.5 Å². The molecule has 72 heavy (non-hydrogen) atoms. The van der Waals surface area contributed by atoms with Crippen molar-refractivity contribution in [1.29, 1.82) is 0 Å². The lowest BCUT2D eigenvalue weighted by molar-refractivity contribution is -0.333. The number of phenols is 2. The summed E-state index contributed by atoms with van der Waals surface area (Å²) in [6.45, 7) is 17.8. The zero-order valence-corrected chi connectivity index (χ0v) is 45.3. The molecule has 2 saturated heterocycles. The third-order valence-electron chi connectivity index (χ3n) is 12.9. The maximum Gasteiger partial charge on any atom is 0.342 e. The summed E-state index contributed by atoms with van der Waals surface area (Å²) >= 11 is 9.29. The first-order chi connectivity index (χ1) is 33.7. The topological polar surface area (TPSA) is 263 Å². The number of rotatable bonds is 13. The number of Topliss-reactive ketones (excluding diaryl/α,β-unsaturated/α-hetero) is 1. The van der Waals surface area contributed by atoms with E-state index in [1.807, 2.05) is 26.0 Å². The molecule has 0 radical (unpaired) electrons. The van der Waals surface area contributed by atoms with Gasteiger partial charge in [0, 0.05) is 19.4 Å². The van der Waals surface area contributed by atoms with Gasteiger partial charge in [-0.2, -0.15) is 0 Å². The van der Waals surface area contributed by atoms with E-state index in [0.29, 0.717) is 23.1 Å². The second kappa shape index (κ2) is 26.5. The summed E-state index contributed by atoms with van der Waals surface area (Å²) in [6, 6.07) is 0. The Morgan fingerprint density at radius 3 is 2.21 bits per heavy atom. The van der Waals surface area contributed by atoms with Gasteiger partial charge in [-0.05, 0) is 106 Å². The molecule has 18 nitrogen and oxygen atoms in total. The summed E-state index contributed by atoms with van der Waals surface area (Å²) in [7, 11) is 1.26. The molecule has 0 saturated carbocycles. The number of methoxy groups -OCH3 is 1. The van der Waals surface area contributed by atoms with Gasteiger partial charge >= 0.3 is 17.9 Å². The third-order valence-corrected chi connectivity index (χ3v) is 14.1. The number of ketones is 1. The van der Waals surface area contributed by atoms with Crippen LogP contribution in [0, 0.1) is 11.8 Å². The van der Waals surface area contributed by atoms with Gasteiger partial charge in [-0.25, -0.2) is 9.59 Å². The molecule has 2 fully saturated rings. The third kappa shape index (κ3) is 14.6. The first-order valence-electron chi connectivity index (χ1n) is 24.0. The smallest absolute Gasteiger partial charge is 0.342 e. The van der Waals surface area contributed by atoms with Crippen molar-refractivity contribution in [1.82, 2.24) is 0 Å². The van der Waals surface area contributed by atoms with Crippen molar-refractivity contribution in [3.63, 3.8) is 0 Å². The zero-order chi connectivity index (χ0) is 54.1. The zero-order valence-electron chi connectivity index (χ0n) is 42.9. The molecule has 20 heteroatoms. The van der Waals surface area contributed by atoms with Crippen LogP contribution in [0.1, 0.15) is 111 Å². The number of phenolic OH excluding ortho intramolecular Hbond substituents is 2. The number of allylic oxidation sites excluding steroid dienone is 4. The minimum Gasteiger partial charge on any atom is -0.505 e. The number of ether oxygens (including phenoxy) is 8. The van der Waals surface area contributed by atoms with E-state index in [9.17, 15) is 49.8 Å². The Balaban J connectivity index is 1.61. The van der Waals surface area contributed by atoms with Crippen molar-refractivity contribution in [2.45, 2.75) is 181 Å². The number of benzene rings is 1. The second-order valence-corrected chi connectivity index (χ2v) is 20.4. The summed E-state index contributed by atoms with van der Waals surface area (Å²) in [5.41, 5.74) is 0.441. The van der Waals surface area contributed by atoms with Crippen LogP contribution in [0.2, 0.25) is 5.02 Å². The van der Waals surface area contributed by atoms with Crippen molar-refractivity contribution in [3.05, 3.63) is 79.4 Å². The maximum atomic E-state index is 13.9. The highest BCUT2D eigenvalue weighted by Gasteiger charge is 2.53. The van der Waals surface area contributed by atoms with E-state index in [0.717, 1.165) is 0 Å². The lowest BCUT2D eigenvalue weighted by atomic mass is 9.88. The fourth-order valence-corrected chi connectivity index (χ4v) is 9.52. The van der Waals surface area contributed by atoms with Gasteiger partial charge in [-0.1, -0.05) is 75.2 Å². The predicted molar refractivity (Wildman–Crippen MR) is 267 cm³/mol. The largest absolute Gasteiger partial charge is 0.505 e. The molecular weight excluding hydrogens is 1030 g/mol. The van der Waals surface area contributed by atoms with Gasteiger partial charge in [0.1, 0.15) is 40.6 Å². The Bertz CT molecular complexity index is 2270. The van der Waals surface area contributed by atoms with Crippen LogP contribution in [0.4, 0.5) is 0 Å². The van der Waals surface area contributed by atoms with E-state index in [1.165, 1.54) is 33.1 Å². The Hall–Kier alpha value is -3.99. The van der Waals surface area contributed by atoms with Gasteiger partial charge in [-0.3, -0.25) is 9.59 Å². The quantitative estimate of drug-likeness (QED) is 0.0695. The molecular formula is C52H72BrClO18. The summed E-state index contributed by atoms with van der Waals surface area (Å²) in [5.74, 6) is -5.07. The van der Waals surface area contributed by atoms with Crippen LogP contribution in [-0.4, -0.2) is 147 Å². The first kappa shape index (κ1) is 60.6. The monoisotopic (exact) mass is 1100 g/mol. The number of hydrogen-bond acceptors (Lipinski definition) is 18. The molecule has 402 valence electrons. The molecule has 3 heterocycles. The van der Waals surface area contributed by atoms with Gasteiger partial charge in [0.25, 0.3) is 0 Å². The molecule has 4 unspecified atom stereocenters. The van der Waals surface area contributed by atoms with Crippen LogP contribution in [0.25, 0.3) is 0 Å². The number of carbonyl (C=O) groups is 4. The molecule has 0 spiro atoms. The predicted octanol–water partition coefficient (Wildman–Crippen LogP) is 6.55. The minimum atomic E-state index is -1.61. The van der Waals surface area contributed by atoms with Crippen LogP contribution in [0.3, 0.4) is 0 Å². The molecule has 0 aromatic heterocycles. The van der Waals surface area contributed by atoms with Gasteiger partial charge in [0.15, 0.2) is 48.2 Å². The molecule has 1 aromatic rings. The fraction of sp³-hybridized carbons (Fsp3) is 0.615. The standard InChI is InChI=1S/C52H72BrClO18/c1-13-30-22-26(6)33(56)18-16-15-17-31(23-66-51-45(65-12)42(61)44(29(9)67-51)69-49(64)35-32(14-2)36(53)39(58)37(54)38(35)57)48(63)68-34(28(8)55)20-19-25(5)21-27(7)43(30)70-50-41(60)40(59)46(52(10,11)72-50)71-47(62)24(3)4/h15-17,19,21-22,24,29-30,33-34,40-46,50-51,56-61H,13-14,18,20,23H2,1-12H3/b16-15+,25-19+,26-22+,27-21+,31-17+/t29-,30?,33?,34?,40-,41+,42+,43?,44-,45+,46+,50-,51-/m1/s1. The van der Waals surface area contributed by atoms with E-state index in [2.05, 4.69) is 15.9 Å². The molecule has 13 atom stereocenters. The Morgan fingerprint density at radius 1 is 0.944 bits per heavy atom. The average Bonchev–Trinajstić information content (AvgIpc) is 3.32. The minimum absolute atomic E-state index is 0.0258. The van der Waals surface area contributed by atoms with Crippen molar-refractivity contribution >= 4 is 51.2 Å². The number of aliphatic hydroxyl groups excluding tert-OH is 4. The van der Waals surface area contributed by atoms with Crippen LogP contribution >= 0.6 is 27.5 Å². The number of hydrogen-bond donors (Lipinski definition) is 6. The summed E-state index contributed by atoms with van der Waals surface area (Å²) in [6.07, 6.45) is -4.69. The normalized spacial score (nSPS) is 34.3.